The summed E-state index contributed by atoms with van der Waals surface area (Å²) < 4.78 is 17.1. The number of ketones is 1. The van der Waals surface area contributed by atoms with Gasteiger partial charge in [0.15, 0.2) is 5.78 Å². The summed E-state index contributed by atoms with van der Waals surface area (Å²) in [6.07, 6.45) is 7.81. The predicted molar refractivity (Wildman–Crippen MR) is 238 cm³/mol. The smallest absolute Gasteiger partial charge is 0.263 e. The van der Waals surface area contributed by atoms with Gasteiger partial charge < -0.3 is 20.0 Å². The molecule has 9 rings (SSSR count). The lowest BCUT2D eigenvalue weighted by molar-refractivity contribution is -0.136. The molecule has 1 saturated carbocycles. The van der Waals surface area contributed by atoms with E-state index in [-0.39, 0.29) is 84.5 Å². The molecule has 7 heterocycles. The molecule has 3 saturated heterocycles. The molecule has 0 spiro atoms. The molecule has 1 aliphatic carbocycles. The highest BCUT2D eigenvalue weighted by molar-refractivity contribution is 6.05. The summed E-state index contributed by atoms with van der Waals surface area (Å²) in [5.74, 6) is -0.943. The molecule has 19 heteroatoms. The first-order valence-electron chi connectivity index (χ1n) is 21.1. The van der Waals surface area contributed by atoms with Crippen LogP contribution >= 0.6 is 24.8 Å². The van der Waals surface area contributed by atoms with Crippen molar-refractivity contribution < 1.29 is 23.6 Å². The van der Waals surface area contributed by atoms with Gasteiger partial charge in [0.2, 0.25) is 17.8 Å². The van der Waals surface area contributed by atoms with Crippen LogP contribution in [0.2, 0.25) is 0 Å². The van der Waals surface area contributed by atoms with Crippen LogP contribution in [0.1, 0.15) is 83.3 Å². The number of aromatic nitrogens is 4. The Hall–Kier alpha value is -5.23. The number of amides is 3. The Morgan fingerprint density at radius 3 is 2.18 bits per heavy atom. The third-order valence-electron chi connectivity index (χ3n) is 13.0. The van der Waals surface area contributed by atoms with E-state index in [1.807, 2.05) is 23.2 Å². The number of carbonyl (C=O) groups excluding carboxylic acids is 4. The van der Waals surface area contributed by atoms with Gasteiger partial charge >= 0.3 is 0 Å². The molecule has 3 amide bonds. The molecule has 3 aromatic heterocycles. The van der Waals surface area contributed by atoms with Crippen molar-refractivity contribution in [2.75, 3.05) is 80.6 Å². The van der Waals surface area contributed by atoms with Gasteiger partial charge in [-0.2, -0.15) is 4.98 Å². The second-order valence-corrected chi connectivity index (χ2v) is 16.6. The topological polar surface area (TPSA) is 169 Å². The SMILES string of the molecule is CC(=O)c1c(C)c2cnc(Nc3ccc(N4CCN(CCN5CCN(c6cc7c(cc6F)C(=O)N(C6CCC(=O)NC6=O)C7)CC5)CC4)cn3)nc2n(C2CCCC2)c1=O.Cl.Cl. The minimum Gasteiger partial charge on any atom is -0.368 e. The van der Waals surface area contributed by atoms with Crippen molar-refractivity contribution in [2.24, 2.45) is 0 Å². The highest BCUT2D eigenvalue weighted by Crippen LogP contribution is 2.34. The summed E-state index contributed by atoms with van der Waals surface area (Å²) in [6.45, 7) is 11.8. The highest BCUT2D eigenvalue weighted by atomic mass is 35.5. The van der Waals surface area contributed by atoms with E-state index in [0.717, 1.165) is 83.7 Å². The van der Waals surface area contributed by atoms with E-state index in [2.05, 4.69) is 35.3 Å². The molecule has 4 aliphatic heterocycles. The van der Waals surface area contributed by atoms with Crippen molar-refractivity contribution in [2.45, 2.75) is 71.0 Å². The zero-order chi connectivity index (χ0) is 41.7. The van der Waals surface area contributed by atoms with Crippen molar-refractivity contribution >= 4 is 82.5 Å². The Balaban J connectivity index is 0.00000289. The lowest BCUT2D eigenvalue weighted by Crippen LogP contribution is -2.52. The number of Topliss-reactive ketones (excluding diaryl/α,β-unsaturated/α-hetero) is 1. The second-order valence-electron chi connectivity index (χ2n) is 16.6. The number of benzene rings is 1. The number of carbonyl (C=O) groups is 4. The molecule has 1 aromatic carbocycles. The number of nitrogens with one attached hydrogen (secondary N) is 2. The molecule has 5 aliphatic rings. The van der Waals surface area contributed by atoms with Crippen LogP contribution in [0.4, 0.5) is 27.5 Å². The average Bonchev–Trinajstić information content (AvgIpc) is 3.88. The van der Waals surface area contributed by atoms with E-state index < -0.39 is 17.8 Å². The van der Waals surface area contributed by atoms with Crippen LogP contribution in [-0.2, 0) is 16.1 Å². The molecule has 4 fully saturated rings. The Labute approximate surface area is 371 Å². The van der Waals surface area contributed by atoms with Crippen LogP contribution in [0.3, 0.4) is 0 Å². The van der Waals surface area contributed by atoms with Gasteiger partial charge in [0.1, 0.15) is 23.3 Å². The minimum absolute atomic E-state index is 0. The molecule has 0 bridgehead atoms. The fraction of sp³-hybridized carbons (Fsp3) is 0.488. The number of aryl methyl sites for hydroxylation is 1. The van der Waals surface area contributed by atoms with Crippen molar-refractivity contribution in [3.05, 3.63) is 75.1 Å². The van der Waals surface area contributed by atoms with Crippen molar-refractivity contribution in [3.8, 4) is 0 Å². The number of pyridine rings is 2. The molecule has 62 heavy (non-hydrogen) atoms. The number of piperidine rings is 1. The zero-order valence-corrected chi connectivity index (χ0v) is 36.5. The van der Waals surface area contributed by atoms with Crippen LogP contribution in [0.5, 0.6) is 0 Å². The normalized spacial score (nSPS) is 20.0. The molecule has 2 N–H and O–H groups in total. The van der Waals surface area contributed by atoms with Gasteiger partial charge in [0.05, 0.1) is 23.1 Å². The van der Waals surface area contributed by atoms with Crippen molar-refractivity contribution in [1.82, 2.24) is 39.5 Å². The number of halogens is 3. The van der Waals surface area contributed by atoms with Gasteiger partial charge in [-0.1, -0.05) is 12.8 Å². The summed E-state index contributed by atoms with van der Waals surface area (Å²) in [5.41, 5.74) is 3.58. The highest BCUT2D eigenvalue weighted by Gasteiger charge is 2.40. The van der Waals surface area contributed by atoms with Crippen LogP contribution in [0.25, 0.3) is 11.0 Å². The van der Waals surface area contributed by atoms with E-state index in [1.165, 1.54) is 17.9 Å². The van der Waals surface area contributed by atoms with Crippen LogP contribution < -0.4 is 26.0 Å². The first-order valence-corrected chi connectivity index (χ1v) is 21.1. The number of hydrogen-bond acceptors (Lipinski definition) is 13. The molecule has 0 radical (unpaired) electrons. The summed E-state index contributed by atoms with van der Waals surface area (Å²) in [5, 5.41) is 6.23. The number of nitrogens with zero attached hydrogens (tertiary/aromatic N) is 9. The predicted octanol–water partition coefficient (Wildman–Crippen LogP) is 4.24. The number of piperazine rings is 2. The van der Waals surface area contributed by atoms with Crippen molar-refractivity contribution in [1.29, 1.82) is 0 Å². The van der Waals surface area contributed by atoms with E-state index in [4.69, 9.17) is 4.98 Å². The van der Waals surface area contributed by atoms with E-state index in [9.17, 15) is 24.0 Å². The first kappa shape index (κ1) is 44.8. The Bertz CT molecular complexity index is 2430. The second kappa shape index (κ2) is 18.6. The maximum atomic E-state index is 15.4. The number of hydrogen-bond donors (Lipinski definition) is 2. The van der Waals surface area contributed by atoms with Gasteiger partial charge in [-0.3, -0.25) is 43.7 Å². The third kappa shape index (κ3) is 8.72. The molecule has 330 valence electrons. The lowest BCUT2D eigenvalue weighted by Gasteiger charge is -2.39. The summed E-state index contributed by atoms with van der Waals surface area (Å²) >= 11 is 0. The number of rotatable bonds is 10. The van der Waals surface area contributed by atoms with E-state index in [0.29, 0.717) is 52.7 Å². The first-order chi connectivity index (χ1) is 29.0. The summed E-state index contributed by atoms with van der Waals surface area (Å²) in [4.78, 5) is 87.9. The van der Waals surface area contributed by atoms with Gasteiger partial charge in [-0.25, -0.2) is 14.4 Å². The fourth-order valence-electron chi connectivity index (χ4n) is 9.61. The summed E-state index contributed by atoms with van der Waals surface area (Å²) in [6, 6.07) is 6.29. The molecular formula is C43H52Cl2FN11O5. The fourth-order valence-corrected chi connectivity index (χ4v) is 9.61. The Morgan fingerprint density at radius 2 is 1.55 bits per heavy atom. The quantitative estimate of drug-likeness (QED) is 0.172. The molecule has 16 nitrogen and oxygen atoms in total. The maximum absolute atomic E-state index is 15.4. The van der Waals surface area contributed by atoms with Crippen LogP contribution in [0, 0.1) is 12.7 Å². The molecule has 1 atom stereocenters. The minimum atomic E-state index is -0.729. The van der Waals surface area contributed by atoms with Gasteiger partial charge in [0, 0.05) is 102 Å². The number of imide groups is 1. The van der Waals surface area contributed by atoms with Crippen molar-refractivity contribution in [3.63, 3.8) is 0 Å². The standard InChI is InChI=1S/C43H50FN11O5.2ClH/c1-26-32-24-46-43(49-39(32)55(29-5-3-4-6-29)42(60)38(26)27(2)56)47-36-9-7-30(23-45-36)52-17-13-50(14-18-52)11-12-51-15-19-53(20-16-51)35-21-28-25-54(41(59)31(28)22-33(35)44)34-8-10-37(57)48-40(34)58;;/h7,9,21-24,29,34H,3-6,8,10-20,25H2,1-2H3,(H,48,57,58)(H,45,46,47,49);2*1H. The van der Waals surface area contributed by atoms with Gasteiger partial charge in [-0.15, -0.1) is 24.8 Å². The Morgan fingerprint density at radius 1 is 0.871 bits per heavy atom. The molecule has 4 aromatic rings. The third-order valence-corrected chi connectivity index (χ3v) is 13.0. The van der Waals surface area contributed by atoms with E-state index in [1.54, 1.807) is 23.8 Å². The monoisotopic (exact) mass is 891 g/mol. The average molecular weight is 893 g/mol. The largest absolute Gasteiger partial charge is 0.368 e. The van der Waals surface area contributed by atoms with E-state index >= 15 is 4.39 Å². The zero-order valence-electron chi connectivity index (χ0n) is 34.9. The lowest BCUT2D eigenvalue weighted by atomic mass is 10.0. The van der Waals surface area contributed by atoms with Gasteiger partial charge in [0.25, 0.3) is 11.5 Å². The maximum Gasteiger partial charge on any atom is 0.263 e. The molecule has 1 unspecified atom stereocenters. The number of anilines is 4. The summed E-state index contributed by atoms with van der Waals surface area (Å²) in [7, 11) is 0. The van der Waals surface area contributed by atoms with Gasteiger partial charge in [-0.05, 0) is 68.5 Å². The van der Waals surface area contributed by atoms with Crippen LogP contribution in [0.15, 0.2) is 41.5 Å². The Kier molecular flexibility index (Phi) is 13.5. The number of fused-ring (bicyclic) bond motifs is 2. The van der Waals surface area contributed by atoms with Crippen LogP contribution in [-0.4, -0.2) is 129 Å². The molecular weight excluding hydrogens is 840 g/mol.